The molecule has 3 heterocycles. The molecule has 1 fully saturated rings. The number of hydrogen-bond donors (Lipinski definition) is 2. The van der Waals surface area contributed by atoms with Crippen molar-refractivity contribution < 1.29 is 5.11 Å². The number of aromatic nitrogens is 4. The zero-order valence-electron chi connectivity index (χ0n) is 11.0. The van der Waals surface area contributed by atoms with Gasteiger partial charge in [-0.15, -0.1) is 10.2 Å². The largest absolute Gasteiger partial charge is 0.391 e. The van der Waals surface area contributed by atoms with Gasteiger partial charge in [0.25, 0.3) is 0 Å². The van der Waals surface area contributed by atoms with Crippen LogP contribution in [-0.2, 0) is 6.42 Å². The number of aryl methyl sites for hydroxylation is 2. The Morgan fingerprint density at radius 1 is 1.42 bits per heavy atom. The lowest BCUT2D eigenvalue weighted by Gasteiger charge is -2.12. The Hall–Kier alpha value is -1.47. The van der Waals surface area contributed by atoms with Gasteiger partial charge in [-0.25, -0.2) is 0 Å². The van der Waals surface area contributed by atoms with Gasteiger partial charge in [0.1, 0.15) is 5.01 Å². The first-order valence-corrected chi connectivity index (χ1v) is 7.17. The Labute approximate surface area is 115 Å². The third kappa shape index (κ3) is 2.62. The van der Waals surface area contributed by atoms with Crippen LogP contribution in [-0.4, -0.2) is 44.7 Å². The van der Waals surface area contributed by atoms with E-state index < -0.39 is 0 Å². The third-order valence-corrected chi connectivity index (χ3v) is 4.32. The zero-order chi connectivity index (χ0) is 13.4. The number of aromatic amines is 1. The van der Waals surface area contributed by atoms with Crippen molar-refractivity contribution >= 4 is 16.5 Å². The molecule has 1 aliphatic heterocycles. The van der Waals surface area contributed by atoms with E-state index in [1.807, 2.05) is 19.9 Å². The van der Waals surface area contributed by atoms with Crippen LogP contribution in [0.1, 0.15) is 16.4 Å². The number of nitrogens with one attached hydrogen (secondary N) is 1. The fourth-order valence-corrected chi connectivity index (χ4v) is 3.18. The molecule has 0 aliphatic carbocycles. The second-order valence-electron chi connectivity index (χ2n) is 5.08. The predicted octanol–water partition coefficient (Wildman–Crippen LogP) is 0.918. The minimum Gasteiger partial charge on any atom is -0.391 e. The van der Waals surface area contributed by atoms with Crippen LogP contribution in [0.15, 0.2) is 6.07 Å². The fraction of sp³-hybridized carbons (Fsp3) is 0.583. The molecule has 0 amide bonds. The normalized spacial score (nSPS) is 23.2. The number of aliphatic hydroxyl groups is 1. The standard InChI is InChI=1S/C12H17N5OS/c1-7-3-10(15-13-7)4-9-5-17(6-11(9)18)12-16-14-8(2)19-12/h3,9,11,18H,4-6H2,1-2H3,(H,13,15)/t9-,11-/m1/s1. The lowest BCUT2D eigenvalue weighted by molar-refractivity contribution is 0.148. The number of rotatable bonds is 3. The maximum Gasteiger partial charge on any atom is 0.208 e. The van der Waals surface area contributed by atoms with Crippen LogP contribution >= 0.6 is 11.3 Å². The van der Waals surface area contributed by atoms with Crippen molar-refractivity contribution in [2.75, 3.05) is 18.0 Å². The van der Waals surface area contributed by atoms with Crippen molar-refractivity contribution in [2.24, 2.45) is 5.92 Å². The van der Waals surface area contributed by atoms with Gasteiger partial charge < -0.3 is 10.0 Å². The van der Waals surface area contributed by atoms with E-state index in [1.165, 1.54) is 0 Å². The molecule has 7 heteroatoms. The molecule has 6 nitrogen and oxygen atoms in total. The molecule has 102 valence electrons. The SMILES string of the molecule is Cc1cc(C[C@@H]2CN(c3nnc(C)s3)C[C@H]2O)n[nH]1. The average molecular weight is 279 g/mol. The van der Waals surface area contributed by atoms with Gasteiger partial charge in [0.15, 0.2) is 0 Å². The van der Waals surface area contributed by atoms with Crippen LogP contribution in [0.2, 0.25) is 0 Å². The van der Waals surface area contributed by atoms with Crippen LogP contribution in [0, 0.1) is 19.8 Å². The van der Waals surface area contributed by atoms with E-state index in [2.05, 4.69) is 25.3 Å². The molecule has 1 aliphatic rings. The van der Waals surface area contributed by atoms with E-state index in [0.29, 0.717) is 6.54 Å². The summed E-state index contributed by atoms with van der Waals surface area (Å²) >= 11 is 1.57. The second-order valence-corrected chi connectivity index (χ2v) is 6.24. The molecule has 2 atom stereocenters. The van der Waals surface area contributed by atoms with Gasteiger partial charge in [0, 0.05) is 24.7 Å². The van der Waals surface area contributed by atoms with E-state index >= 15 is 0 Å². The minimum atomic E-state index is -0.332. The van der Waals surface area contributed by atoms with E-state index in [1.54, 1.807) is 11.3 Å². The molecule has 0 spiro atoms. The molecule has 2 N–H and O–H groups in total. The smallest absolute Gasteiger partial charge is 0.208 e. The summed E-state index contributed by atoms with van der Waals surface area (Å²) in [7, 11) is 0. The summed E-state index contributed by atoms with van der Waals surface area (Å²) in [6.45, 7) is 5.36. The third-order valence-electron chi connectivity index (χ3n) is 3.42. The number of β-amino-alcohol motifs (C(OH)–C–C–N with tert-alkyl or cyclic N) is 1. The van der Waals surface area contributed by atoms with E-state index in [-0.39, 0.29) is 12.0 Å². The van der Waals surface area contributed by atoms with Gasteiger partial charge >= 0.3 is 0 Å². The molecule has 2 aromatic heterocycles. The highest BCUT2D eigenvalue weighted by molar-refractivity contribution is 7.15. The van der Waals surface area contributed by atoms with Crippen molar-refractivity contribution in [1.82, 2.24) is 20.4 Å². The Morgan fingerprint density at radius 2 is 2.26 bits per heavy atom. The molecule has 0 unspecified atom stereocenters. The molecule has 3 rings (SSSR count). The highest BCUT2D eigenvalue weighted by Crippen LogP contribution is 2.28. The number of hydrogen-bond acceptors (Lipinski definition) is 6. The molecule has 1 saturated heterocycles. The van der Waals surface area contributed by atoms with Gasteiger partial charge in [0.2, 0.25) is 5.13 Å². The van der Waals surface area contributed by atoms with Crippen LogP contribution in [0.3, 0.4) is 0 Å². The minimum absolute atomic E-state index is 0.201. The van der Waals surface area contributed by atoms with Crippen LogP contribution in [0.25, 0.3) is 0 Å². The molecule has 0 bridgehead atoms. The number of aliphatic hydroxyl groups excluding tert-OH is 1. The molecule has 0 saturated carbocycles. The Morgan fingerprint density at radius 3 is 2.89 bits per heavy atom. The Bertz CT molecular complexity index is 566. The summed E-state index contributed by atoms with van der Waals surface area (Å²) in [5.41, 5.74) is 2.07. The molecular formula is C12H17N5OS. The summed E-state index contributed by atoms with van der Waals surface area (Å²) in [5, 5.41) is 27.4. The highest BCUT2D eigenvalue weighted by atomic mass is 32.1. The number of H-pyrrole nitrogens is 1. The lowest BCUT2D eigenvalue weighted by atomic mass is 10.0. The van der Waals surface area contributed by atoms with Crippen molar-refractivity contribution in [3.63, 3.8) is 0 Å². The quantitative estimate of drug-likeness (QED) is 0.873. The lowest BCUT2D eigenvalue weighted by Crippen LogP contribution is -2.20. The summed E-state index contributed by atoms with van der Waals surface area (Å²) < 4.78 is 0. The topological polar surface area (TPSA) is 77.9 Å². The Kier molecular flexibility index (Phi) is 3.24. The van der Waals surface area contributed by atoms with Crippen LogP contribution < -0.4 is 4.90 Å². The highest BCUT2D eigenvalue weighted by Gasteiger charge is 2.33. The van der Waals surface area contributed by atoms with E-state index in [9.17, 15) is 5.11 Å². The maximum absolute atomic E-state index is 10.2. The first kappa shape index (κ1) is 12.6. The van der Waals surface area contributed by atoms with Gasteiger partial charge in [-0.3, -0.25) is 5.10 Å². The van der Waals surface area contributed by atoms with Gasteiger partial charge in [0.05, 0.1) is 11.8 Å². The molecule has 2 aromatic rings. The van der Waals surface area contributed by atoms with Gasteiger partial charge in [-0.1, -0.05) is 11.3 Å². The molecule has 0 radical (unpaired) electrons. The summed E-state index contributed by atoms with van der Waals surface area (Å²) in [4.78, 5) is 2.11. The fourth-order valence-electron chi connectivity index (χ4n) is 2.47. The molecule has 19 heavy (non-hydrogen) atoms. The predicted molar refractivity (Wildman–Crippen MR) is 73.4 cm³/mol. The number of nitrogens with zero attached hydrogens (tertiary/aromatic N) is 4. The van der Waals surface area contributed by atoms with Crippen LogP contribution in [0.4, 0.5) is 5.13 Å². The van der Waals surface area contributed by atoms with E-state index in [0.717, 1.165) is 34.5 Å². The van der Waals surface area contributed by atoms with E-state index in [4.69, 9.17) is 0 Å². The molecule has 0 aromatic carbocycles. The monoisotopic (exact) mass is 279 g/mol. The first-order chi connectivity index (χ1) is 9.11. The zero-order valence-corrected chi connectivity index (χ0v) is 11.8. The van der Waals surface area contributed by atoms with Crippen molar-refractivity contribution in [1.29, 1.82) is 0 Å². The Balaban J connectivity index is 1.68. The first-order valence-electron chi connectivity index (χ1n) is 6.36. The van der Waals surface area contributed by atoms with Crippen molar-refractivity contribution in [3.05, 3.63) is 22.5 Å². The maximum atomic E-state index is 10.2. The summed E-state index contributed by atoms with van der Waals surface area (Å²) in [6.07, 6.45) is 0.459. The second kappa shape index (κ2) is 4.90. The molecular weight excluding hydrogens is 262 g/mol. The van der Waals surface area contributed by atoms with Crippen molar-refractivity contribution in [2.45, 2.75) is 26.4 Å². The van der Waals surface area contributed by atoms with Gasteiger partial charge in [-0.2, -0.15) is 5.10 Å². The number of anilines is 1. The average Bonchev–Trinajstić information content (AvgIpc) is 3.03. The van der Waals surface area contributed by atoms with Gasteiger partial charge in [-0.05, 0) is 26.3 Å². The summed E-state index contributed by atoms with van der Waals surface area (Å²) in [5.74, 6) is 0.201. The van der Waals surface area contributed by atoms with Crippen molar-refractivity contribution in [3.8, 4) is 0 Å². The summed E-state index contributed by atoms with van der Waals surface area (Å²) in [6, 6.07) is 2.03. The van der Waals surface area contributed by atoms with Crippen LogP contribution in [0.5, 0.6) is 0 Å².